The summed E-state index contributed by atoms with van der Waals surface area (Å²) in [7, 11) is -1.34. The largest absolute Gasteiger partial charge is 0.237 e. The molecule has 1 rings (SSSR count). The molecule has 0 unspecified atom stereocenters. The molecule has 92 valence electrons. The summed E-state index contributed by atoms with van der Waals surface area (Å²) < 4.78 is 14.9. The molecule has 0 fully saturated rings. The maximum atomic E-state index is 12.0. The van der Waals surface area contributed by atoms with Gasteiger partial charge in [0.2, 0.25) is 0 Å². The quantitative estimate of drug-likeness (QED) is 0.896. The molecule has 0 aromatic heterocycles. The maximum Gasteiger partial charge on any atom is 0.126 e. The standard InChI is InChI=1S/C13H18N2OS/c1-10-5-7-11(8-6-10)17(16)15-12(9-14)13(2,3)4/h5-8,12,15H,1-4H3/t12-,17+/m1/s1. The van der Waals surface area contributed by atoms with E-state index in [-0.39, 0.29) is 5.41 Å². The van der Waals surface area contributed by atoms with Crippen LogP contribution in [0.1, 0.15) is 26.3 Å². The van der Waals surface area contributed by atoms with Crippen LogP contribution in [0.25, 0.3) is 0 Å². The van der Waals surface area contributed by atoms with Crippen molar-refractivity contribution in [1.29, 1.82) is 5.26 Å². The highest BCUT2D eigenvalue weighted by Crippen LogP contribution is 2.19. The molecular formula is C13H18N2OS. The minimum absolute atomic E-state index is 0.241. The molecule has 2 atom stereocenters. The Morgan fingerprint density at radius 2 is 1.82 bits per heavy atom. The van der Waals surface area contributed by atoms with Crippen LogP contribution in [0.4, 0.5) is 0 Å². The Labute approximate surface area is 105 Å². The Hall–Kier alpha value is -1.18. The Kier molecular flexibility index (Phi) is 4.44. The van der Waals surface area contributed by atoms with E-state index in [1.54, 1.807) is 0 Å². The molecule has 0 radical (unpaired) electrons. The van der Waals surface area contributed by atoms with Gasteiger partial charge in [-0.3, -0.25) is 0 Å². The van der Waals surface area contributed by atoms with Crippen LogP contribution >= 0.6 is 0 Å². The third kappa shape index (κ3) is 3.95. The monoisotopic (exact) mass is 250 g/mol. The molecule has 0 aliphatic heterocycles. The Bertz CT molecular complexity index is 440. The minimum Gasteiger partial charge on any atom is -0.237 e. The fourth-order valence-electron chi connectivity index (χ4n) is 1.23. The molecule has 0 saturated heterocycles. The van der Waals surface area contributed by atoms with Crippen molar-refractivity contribution in [2.75, 3.05) is 0 Å². The summed E-state index contributed by atoms with van der Waals surface area (Å²) in [6, 6.07) is 9.16. The lowest BCUT2D eigenvalue weighted by atomic mass is 9.88. The summed E-state index contributed by atoms with van der Waals surface area (Å²) in [6.07, 6.45) is 0. The molecule has 0 heterocycles. The van der Waals surface area contributed by atoms with Gasteiger partial charge in [-0.1, -0.05) is 38.5 Å². The molecule has 0 spiro atoms. The van der Waals surface area contributed by atoms with Crippen molar-refractivity contribution in [3.05, 3.63) is 29.8 Å². The van der Waals surface area contributed by atoms with E-state index in [9.17, 15) is 4.21 Å². The van der Waals surface area contributed by atoms with E-state index in [0.29, 0.717) is 4.90 Å². The molecule has 0 bridgehead atoms. The molecule has 0 amide bonds. The van der Waals surface area contributed by atoms with E-state index in [2.05, 4.69) is 10.8 Å². The zero-order valence-corrected chi connectivity index (χ0v) is 11.5. The SMILES string of the molecule is Cc1ccc([S@](=O)N[C@H](C#N)C(C)(C)C)cc1. The van der Waals surface area contributed by atoms with Gasteiger partial charge in [0.05, 0.1) is 11.0 Å². The van der Waals surface area contributed by atoms with E-state index in [4.69, 9.17) is 5.26 Å². The van der Waals surface area contributed by atoms with Crippen molar-refractivity contribution in [3.63, 3.8) is 0 Å². The third-order valence-corrected chi connectivity index (χ3v) is 3.61. The molecule has 0 aliphatic carbocycles. The second-order valence-electron chi connectivity index (χ2n) is 5.13. The molecule has 1 aromatic carbocycles. The fraction of sp³-hybridized carbons (Fsp3) is 0.462. The van der Waals surface area contributed by atoms with E-state index in [1.165, 1.54) is 0 Å². The van der Waals surface area contributed by atoms with Crippen molar-refractivity contribution in [3.8, 4) is 6.07 Å². The van der Waals surface area contributed by atoms with E-state index >= 15 is 0 Å². The highest BCUT2D eigenvalue weighted by atomic mass is 32.2. The minimum atomic E-state index is -1.34. The van der Waals surface area contributed by atoms with Gasteiger partial charge in [0.1, 0.15) is 17.0 Å². The predicted molar refractivity (Wildman–Crippen MR) is 69.6 cm³/mol. The highest BCUT2D eigenvalue weighted by molar-refractivity contribution is 7.83. The van der Waals surface area contributed by atoms with Crippen LogP contribution in [0.3, 0.4) is 0 Å². The van der Waals surface area contributed by atoms with Gasteiger partial charge in [-0.05, 0) is 24.5 Å². The lowest BCUT2D eigenvalue weighted by Crippen LogP contribution is -2.40. The molecular weight excluding hydrogens is 232 g/mol. The summed E-state index contributed by atoms with van der Waals surface area (Å²) in [6.45, 7) is 7.81. The normalized spacial score (nSPS) is 15.0. The maximum absolute atomic E-state index is 12.0. The number of benzene rings is 1. The van der Waals surface area contributed by atoms with Gasteiger partial charge in [-0.25, -0.2) is 8.93 Å². The Morgan fingerprint density at radius 3 is 2.24 bits per heavy atom. The number of hydrogen-bond acceptors (Lipinski definition) is 2. The topological polar surface area (TPSA) is 52.9 Å². The van der Waals surface area contributed by atoms with Crippen LogP contribution in [0, 0.1) is 23.7 Å². The van der Waals surface area contributed by atoms with Crippen molar-refractivity contribution >= 4 is 11.0 Å². The van der Waals surface area contributed by atoms with Gasteiger partial charge in [0.15, 0.2) is 0 Å². The van der Waals surface area contributed by atoms with Crippen molar-refractivity contribution in [1.82, 2.24) is 4.72 Å². The van der Waals surface area contributed by atoms with Crippen molar-refractivity contribution in [2.45, 2.75) is 38.6 Å². The summed E-state index contributed by atoms with van der Waals surface area (Å²) in [4.78, 5) is 0.695. The first-order chi connectivity index (χ1) is 7.84. The average molecular weight is 250 g/mol. The highest BCUT2D eigenvalue weighted by Gasteiger charge is 2.26. The van der Waals surface area contributed by atoms with Gasteiger partial charge in [0, 0.05) is 0 Å². The zero-order chi connectivity index (χ0) is 13.1. The van der Waals surface area contributed by atoms with Crippen LogP contribution < -0.4 is 4.72 Å². The van der Waals surface area contributed by atoms with Crippen molar-refractivity contribution < 1.29 is 4.21 Å². The van der Waals surface area contributed by atoms with Gasteiger partial charge in [-0.15, -0.1) is 0 Å². The second kappa shape index (κ2) is 5.44. The van der Waals surface area contributed by atoms with Gasteiger partial charge < -0.3 is 0 Å². The first-order valence-electron chi connectivity index (χ1n) is 5.49. The first kappa shape index (κ1) is 13.9. The van der Waals surface area contributed by atoms with Crippen LogP contribution in [-0.4, -0.2) is 10.3 Å². The summed E-state index contributed by atoms with van der Waals surface area (Å²) in [5.41, 5.74) is 0.883. The number of nitriles is 1. The van der Waals surface area contributed by atoms with E-state index in [1.807, 2.05) is 52.0 Å². The second-order valence-corrected chi connectivity index (χ2v) is 6.37. The predicted octanol–water partition coefficient (Wildman–Crippen LogP) is 2.55. The Balaban J connectivity index is 2.79. The van der Waals surface area contributed by atoms with E-state index < -0.39 is 17.0 Å². The van der Waals surface area contributed by atoms with Gasteiger partial charge in [0.25, 0.3) is 0 Å². The molecule has 0 saturated carbocycles. The summed E-state index contributed by atoms with van der Waals surface area (Å²) in [5.74, 6) is 0. The molecule has 17 heavy (non-hydrogen) atoms. The molecule has 0 aliphatic rings. The number of rotatable bonds is 3. The van der Waals surface area contributed by atoms with Crippen LogP contribution in [0.15, 0.2) is 29.2 Å². The van der Waals surface area contributed by atoms with Crippen LogP contribution in [0.5, 0.6) is 0 Å². The number of nitrogens with zero attached hydrogens (tertiary/aromatic N) is 1. The number of aryl methyl sites for hydroxylation is 1. The Morgan fingerprint density at radius 1 is 1.29 bits per heavy atom. The first-order valence-corrected chi connectivity index (χ1v) is 6.64. The van der Waals surface area contributed by atoms with Crippen LogP contribution in [0.2, 0.25) is 0 Å². The number of nitrogens with one attached hydrogen (secondary N) is 1. The zero-order valence-electron chi connectivity index (χ0n) is 10.7. The lowest BCUT2D eigenvalue weighted by molar-refractivity contribution is 0.354. The number of hydrogen-bond donors (Lipinski definition) is 1. The smallest absolute Gasteiger partial charge is 0.126 e. The molecule has 4 heteroatoms. The molecule has 3 nitrogen and oxygen atoms in total. The average Bonchev–Trinajstić information content (AvgIpc) is 2.24. The summed E-state index contributed by atoms with van der Waals surface area (Å²) >= 11 is 0. The van der Waals surface area contributed by atoms with Gasteiger partial charge in [-0.2, -0.15) is 5.26 Å². The van der Waals surface area contributed by atoms with Crippen molar-refractivity contribution in [2.24, 2.45) is 5.41 Å². The lowest BCUT2D eigenvalue weighted by Gasteiger charge is -2.24. The van der Waals surface area contributed by atoms with Crippen LogP contribution in [-0.2, 0) is 11.0 Å². The summed E-state index contributed by atoms with van der Waals surface area (Å²) in [5, 5.41) is 9.05. The fourth-order valence-corrected chi connectivity index (χ4v) is 2.37. The van der Waals surface area contributed by atoms with Gasteiger partial charge >= 0.3 is 0 Å². The van der Waals surface area contributed by atoms with E-state index in [0.717, 1.165) is 5.56 Å². The molecule has 1 aromatic rings. The molecule has 1 N–H and O–H groups in total. The third-order valence-electron chi connectivity index (χ3n) is 2.46.